The molecule has 0 bridgehead atoms. The summed E-state index contributed by atoms with van der Waals surface area (Å²) in [5.74, 6) is -0.0388. The number of nitro benzene ring substituents is 1. The molecule has 0 aliphatic heterocycles. The fourth-order valence-corrected chi connectivity index (χ4v) is 2.51. The van der Waals surface area contributed by atoms with Crippen LogP contribution in [-0.4, -0.2) is 25.1 Å². The largest absolute Gasteiger partial charge is 0.493 e. The number of ether oxygens (including phenoxy) is 3. The van der Waals surface area contributed by atoms with Gasteiger partial charge in [0.1, 0.15) is 6.10 Å². The first-order chi connectivity index (χ1) is 11.9. The Morgan fingerprint density at radius 1 is 1.12 bits per heavy atom. The minimum Gasteiger partial charge on any atom is -0.493 e. The van der Waals surface area contributed by atoms with Crippen molar-refractivity contribution in [2.75, 3.05) is 14.2 Å². The van der Waals surface area contributed by atoms with Crippen LogP contribution in [0.25, 0.3) is 0 Å². The van der Waals surface area contributed by atoms with Gasteiger partial charge in [0.25, 0.3) is 5.69 Å². The van der Waals surface area contributed by atoms with Crippen molar-refractivity contribution in [1.82, 2.24) is 0 Å². The lowest BCUT2D eigenvalue weighted by Crippen LogP contribution is -2.11. The quantitative estimate of drug-likeness (QED) is 0.401. The highest BCUT2D eigenvalue weighted by Crippen LogP contribution is 2.38. The molecule has 0 spiro atoms. The molecule has 8 heteroatoms. The number of halogens is 1. The highest BCUT2D eigenvalue weighted by Gasteiger charge is 2.26. The van der Waals surface area contributed by atoms with Gasteiger partial charge in [-0.1, -0.05) is 15.9 Å². The van der Waals surface area contributed by atoms with Crippen molar-refractivity contribution >= 4 is 27.6 Å². The summed E-state index contributed by atoms with van der Waals surface area (Å²) in [7, 11) is 2.81. The summed E-state index contributed by atoms with van der Waals surface area (Å²) < 4.78 is 16.5. The number of methoxy groups -OCH3 is 2. The molecule has 2 aromatic carbocycles. The average Bonchev–Trinajstić information content (AvgIpc) is 2.60. The number of rotatable bonds is 6. The molecule has 0 radical (unpaired) electrons. The zero-order chi connectivity index (χ0) is 18.6. The molecule has 0 aliphatic carbocycles. The second-order valence-corrected chi connectivity index (χ2v) is 5.99. The summed E-state index contributed by atoms with van der Waals surface area (Å²) in [6.45, 7) is 1.56. The van der Waals surface area contributed by atoms with Gasteiger partial charge < -0.3 is 14.2 Å². The third-order valence-electron chi connectivity index (χ3n) is 3.53. The minimum absolute atomic E-state index is 0.214. The Kier molecular flexibility index (Phi) is 5.97. The molecule has 0 N–H and O–H groups in total. The van der Waals surface area contributed by atoms with Gasteiger partial charge in [-0.25, -0.2) is 4.79 Å². The predicted molar refractivity (Wildman–Crippen MR) is 94.2 cm³/mol. The van der Waals surface area contributed by atoms with Crippen LogP contribution in [0.5, 0.6) is 11.5 Å². The Labute approximate surface area is 152 Å². The van der Waals surface area contributed by atoms with Crippen LogP contribution in [0.15, 0.2) is 40.9 Å². The van der Waals surface area contributed by atoms with Crippen LogP contribution in [0.1, 0.15) is 28.9 Å². The van der Waals surface area contributed by atoms with Gasteiger partial charge in [-0.2, -0.15) is 0 Å². The molecule has 7 nitrogen and oxygen atoms in total. The summed E-state index contributed by atoms with van der Waals surface area (Å²) in [6, 6.07) is 9.30. The number of hydrogen-bond donors (Lipinski definition) is 0. The van der Waals surface area contributed by atoms with E-state index in [0.29, 0.717) is 11.3 Å². The first kappa shape index (κ1) is 18.7. The zero-order valence-electron chi connectivity index (χ0n) is 13.8. The maximum Gasteiger partial charge on any atom is 0.338 e. The molecule has 0 aliphatic rings. The van der Waals surface area contributed by atoms with E-state index in [1.54, 1.807) is 31.2 Å². The normalized spacial score (nSPS) is 11.5. The molecule has 0 saturated carbocycles. The lowest BCUT2D eigenvalue weighted by Gasteiger charge is -2.16. The molecule has 132 valence electrons. The Morgan fingerprint density at radius 2 is 1.68 bits per heavy atom. The minimum atomic E-state index is -0.851. The lowest BCUT2D eigenvalue weighted by atomic mass is 10.1. The van der Waals surface area contributed by atoms with Crippen LogP contribution in [0, 0.1) is 10.1 Å². The maximum absolute atomic E-state index is 12.2. The Bertz CT molecular complexity index is 790. The molecule has 2 rings (SSSR count). The van der Waals surface area contributed by atoms with Crippen LogP contribution in [-0.2, 0) is 4.74 Å². The molecule has 0 amide bonds. The standard InChI is InChI=1S/C17H16BrNO6/c1-10(25-17(20)11-4-6-12(18)7-5-11)13-8-15(23-2)16(24-3)9-14(13)19(21)22/h4-10H,1-3H3. The zero-order valence-corrected chi connectivity index (χ0v) is 15.4. The molecule has 0 fully saturated rings. The fraction of sp³-hybridized carbons (Fsp3) is 0.235. The van der Waals surface area contributed by atoms with Gasteiger partial charge in [0.2, 0.25) is 0 Å². The van der Waals surface area contributed by atoms with Crippen molar-refractivity contribution in [3.8, 4) is 11.5 Å². The summed E-state index contributed by atoms with van der Waals surface area (Å²) >= 11 is 3.28. The van der Waals surface area contributed by atoms with Crippen molar-refractivity contribution in [2.24, 2.45) is 0 Å². The van der Waals surface area contributed by atoms with E-state index in [1.807, 2.05) is 0 Å². The first-order valence-corrected chi connectivity index (χ1v) is 8.03. The molecular weight excluding hydrogens is 394 g/mol. The molecule has 1 atom stereocenters. The summed E-state index contributed by atoms with van der Waals surface area (Å²) in [5, 5.41) is 11.4. The SMILES string of the molecule is COc1cc(C(C)OC(=O)c2ccc(Br)cc2)c([N+](=O)[O-])cc1OC. The summed E-state index contributed by atoms with van der Waals surface area (Å²) in [5.41, 5.74) is 0.347. The second kappa shape index (κ2) is 7.98. The molecular formula is C17H16BrNO6. The van der Waals surface area contributed by atoms with Crippen LogP contribution < -0.4 is 9.47 Å². The smallest absolute Gasteiger partial charge is 0.338 e. The van der Waals surface area contributed by atoms with Crippen molar-refractivity contribution in [1.29, 1.82) is 0 Å². The number of carbonyl (C=O) groups is 1. The first-order valence-electron chi connectivity index (χ1n) is 7.24. The van der Waals surface area contributed by atoms with Crippen LogP contribution in [0.4, 0.5) is 5.69 Å². The van der Waals surface area contributed by atoms with Crippen LogP contribution in [0.3, 0.4) is 0 Å². The van der Waals surface area contributed by atoms with E-state index >= 15 is 0 Å². The fourth-order valence-electron chi connectivity index (χ4n) is 2.25. The molecule has 0 saturated heterocycles. The second-order valence-electron chi connectivity index (χ2n) is 5.08. The van der Waals surface area contributed by atoms with E-state index in [-0.39, 0.29) is 17.0 Å². The number of esters is 1. The Morgan fingerprint density at radius 3 is 2.20 bits per heavy atom. The van der Waals surface area contributed by atoms with Gasteiger partial charge in [-0.15, -0.1) is 0 Å². The van der Waals surface area contributed by atoms with Crippen LogP contribution in [0.2, 0.25) is 0 Å². The third kappa shape index (κ3) is 4.27. The van der Waals surface area contributed by atoms with E-state index in [0.717, 1.165) is 4.47 Å². The third-order valence-corrected chi connectivity index (χ3v) is 4.06. The lowest BCUT2D eigenvalue weighted by molar-refractivity contribution is -0.386. The number of hydrogen-bond acceptors (Lipinski definition) is 6. The van der Waals surface area contributed by atoms with Gasteiger partial charge in [0.05, 0.1) is 36.3 Å². The summed E-state index contributed by atoms with van der Waals surface area (Å²) in [4.78, 5) is 23.0. The molecule has 0 heterocycles. The molecule has 0 aromatic heterocycles. The monoisotopic (exact) mass is 409 g/mol. The number of nitrogens with zero attached hydrogens (tertiary/aromatic N) is 1. The summed E-state index contributed by atoms with van der Waals surface area (Å²) in [6.07, 6.45) is -0.851. The average molecular weight is 410 g/mol. The Balaban J connectivity index is 2.34. The van der Waals surface area contributed by atoms with Crippen molar-refractivity contribution in [2.45, 2.75) is 13.0 Å². The van der Waals surface area contributed by atoms with E-state index in [2.05, 4.69) is 15.9 Å². The van der Waals surface area contributed by atoms with E-state index < -0.39 is 17.0 Å². The van der Waals surface area contributed by atoms with Gasteiger partial charge in [0, 0.05) is 4.47 Å². The van der Waals surface area contributed by atoms with E-state index in [1.165, 1.54) is 26.4 Å². The van der Waals surface area contributed by atoms with Gasteiger partial charge in [0.15, 0.2) is 11.5 Å². The molecule has 25 heavy (non-hydrogen) atoms. The van der Waals surface area contributed by atoms with Crippen molar-refractivity contribution in [3.63, 3.8) is 0 Å². The molecule has 2 aromatic rings. The Hall–Kier alpha value is -2.61. The highest BCUT2D eigenvalue weighted by molar-refractivity contribution is 9.10. The highest BCUT2D eigenvalue weighted by atomic mass is 79.9. The number of carbonyl (C=O) groups excluding carboxylic acids is 1. The van der Waals surface area contributed by atoms with E-state index in [4.69, 9.17) is 14.2 Å². The van der Waals surface area contributed by atoms with Gasteiger partial charge in [-0.3, -0.25) is 10.1 Å². The number of benzene rings is 2. The number of nitro groups is 1. The van der Waals surface area contributed by atoms with Gasteiger partial charge in [-0.05, 0) is 37.3 Å². The van der Waals surface area contributed by atoms with Crippen LogP contribution >= 0.6 is 15.9 Å². The van der Waals surface area contributed by atoms with E-state index in [9.17, 15) is 14.9 Å². The topological polar surface area (TPSA) is 87.9 Å². The van der Waals surface area contributed by atoms with Crippen molar-refractivity contribution in [3.05, 3.63) is 62.1 Å². The predicted octanol–water partition coefficient (Wildman–Crippen LogP) is 4.29. The molecule has 1 unspecified atom stereocenters. The van der Waals surface area contributed by atoms with Gasteiger partial charge >= 0.3 is 5.97 Å². The van der Waals surface area contributed by atoms with Crippen molar-refractivity contribution < 1.29 is 23.9 Å². The maximum atomic E-state index is 12.2.